The van der Waals surface area contributed by atoms with Crippen LogP contribution in [0, 0.1) is 0 Å². The largest absolute Gasteiger partial charge is 0.416 e. The molecule has 1 fully saturated rings. The number of halogens is 3. The Hall–Kier alpha value is -3.04. The lowest BCUT2D eigenvalue weighted by atomic mass is 9.95. The van der Waals surface area contributed by atoms with Crippen molar-refractivity contribution < 1.29 is 18.0 Å². The number of carbonyl (C=O) groups excluding carboxylic acids is 1. The molecule has 2 heterocycles. The molecule has 7 nitrogen and oxygen atoms in total. The summed E-state index contributed by atoms with van der Waals surface area (Å²) >= 11 is 0. The lowest BCUT2D eigenvalue weighted by Crippen LogP contribution is -2.48. The van der Waals surface area contributed by atoms with Crippen molar-refractivity contribution in [3.05, 3.63) is 35.0 Å². The van der Waals surface area contributed by atoms with Crippen LogP contribution in [0.1, 0.15) is 49.4 Å². The first kappa shape index (κ1) is 22.2. The molecule has 1 aromatic heterocycles. The summed E-state index contributed by atoms with van der Waals surface area (Å²) in [4.78, 5) is 23.0. The van der Waals surface area contributed by atoms with Crippen molar-refractivity contribution in [2.75, 3.05) is 29.0 Å². The monoisotopic (exact) mass is 448 g/mol. The van der Waals surface area contributed by atoms with Crippen LogP contribution in [0.5, 0.6) is 0 Å². The molecule has 10 heteroatoms. The van der Waals surface area contributed by atoms with Gasteiger partial charge in [0.25, 0.3) is 0 Å². The van der Waals surface area contributed by atoms with E-state index in [1.165, 1.54) is 13.0 Å². The number of nitrogen functional groups attached to an aromatic ring is 1. The number of piperidine rings is 1. The molecule has 1 aromatic carbocycles. The second-order valence-electron chi connectivity index (χ2n) is 8.46. The molecule has 1 saturated heterocycles. The van der Waals surface area contributed by atoms with Crippen LogP contribution in [0.15, 0.2) is 18.2 Å². The molecule has 0 bridgehead atoms. The number of alkyl halides is 3. The molecule has 1 atom stereocenters. The van der Waals surface area contributed by atoms with Gasteiger partial charge >= 0.3 is 6.18 Å². The van der Waals surface area contributed by atoms with Gasteiger partial charge in [0.15, 0.2) is 0 Å². The Labute approximate surface area is 184 Å². The summed E-state index contributed by atoms with van der Waals surface area (Å²) in [6.07, 6.45) is 1.03. The summed E-state index contributed by atoms with van der Waals surface area (Å²) in [6, 6.07) is 3.38. The van der Waals surface area contributed by atoms with Gasteiger partial charge in [-0.25, -0.2) is 4.98 Å². The number of amides is 1. The molecule has 2 aliphatic rings. The van der Waals surface area contributed by atoms with Gasteiger partial charge in [-0.1, -0.05) is 0 Å². The second-order valence-corrected chi connectivity index (χ2v) is 8.46. The molecule has 1 aliphatic heterocycles. The van der Waals surface area contributed by atoms with Crippen molar-refractivity contribution >= 4 is 29.0 Å². The number of anilines is 4. The molecule has 0 saturated carbocycles. The van der Waals surface area contributed by atoms with Crippen molar-refractivity contribution in [1.82, 2.24) is 15.3 Å². The van der Waals surface area contributed by atoms with E-state index >= 15 is 0 Å². The summed E-state index contributed by atoms with van der Waals surface area (Å²) in [5.74, 6) is 0.985. The van der Waals surface area contributed by atoms with Gasteiger partial charge in [0.05, 0.1) is 11.3 Å². The number of nitrogens with one attached hydrogen (secondary N) is 2. The number of hydrogen-bond acceptors (Lipinski definition) is 6. The Bertz CT molecular complexity index is 1010. The van der Waals surface area contributed by atoms with E-state index in [9.17, 15) is 18.0 Å². The first-order chi connectivity index (χ1) is 15.2. The van der Waals surface area contributed by atoms with Crippen LogP contribution in [-0.2, 0) is 23.8 Å². The quantitative estimate of drug-likeness (QED) is 0.616. The fraction of sp³-hybridized carbons (Fsp3) is 0.500. The van der Waals surface area contributed by atoms with Crippen molar-refractivity contribution in [3.8, 4) is 0 Å². The van der Waals surface area contributed by atoms with Gasteiger partial charge in [0.2, 0.25) is 11.9 Å². The van der Waals surface area contributed by atoms with E-state index < -0.39 is 11.7 Å². The summed E-state index contributed by atoms with van der Waals surface area (Å²) in [5, 5.41) is 5.91. The number of hydrogen-bond donors (Lipinski definition) is 3. The van der Waals surface area contributed by atoms with E-state index in [1.54, 1.807) is 0 Å². The number of aromatic nitrogens is 2. The molecule has 2 aromatic rings. The minimum atomic E-state index is -4.50. The summed E-state index contributed by atoms with van der Waals surface area (Å²) in [6.45, 7) is 2.95. The molecule has 1 amide bonds. The Morgan fingerprint density at radius 1 is 1.16 bits per heavy atom. The maximum atomic E-state index is 13.2. The number of fused-ring (bicyclic) bond motifs is 1. The third-order valence-electron chi connectivity index (χ3n) is 5.83. The molecule has 4 rings (SSSR count). The predicted molar refractivity (Wildman–Crippen MR) is 117 cm³/mol. The normalized spacial score (nSPS) is 18.8. The number of carbonyl (C=O) groups is 1. The smallest absolute Gasteiger partial charge is 0.399 e. The van der Waals surface area contributed by atoms with Crippen LogP contribution in [0.4, 0.5) is 36.3 Å². The van der Waals surface area contributed by atoms with Gasteiger partial charge in [-0.2, -0.15) is 18.2 Å². The molecule has 0 radical (unpaired) electrons. The Morgan fingerprint density at radius 2 is 1.94 bits per heavy atom. The van der Waals surface area contributed by atoms with Crippen LogP contribution in [0.3, 0.4) is 0 Å². The fourth-order valence-electron chi connectivity index (χ4n) is 4.48. The fourth-order valence-corrected chi connectivity index (χ4v) is 4.48. The lowest BCUT2D eigenvalue weighted by molar-refractivity contribution is -0.137. The number of nitrogens with zero attached hydrogens (tertiary/aromatic N) is 3. The summed E-state index contributed by atoms with van der Waals surface area (Å²) in [7, 11) is 0. The first-order valence-electron chi connectivity index (χ1n) is 10.9. The van der Waals surface area contributed by atoms with Gasteiger partial charge in [-0.15, -0.1) is 0 Å². The van der Waals surface area contributed by atoms with E-state index in [4.69, 9.17) is 10.7 Å². The SMILES string of the molecule is CC(=O)NC1CCCN(c2nc(Nc3cc(N)cc(C(F)(F)F)c3)nc3c2CCCC3)C1. The van der Waals surface area contributed by atoms with Gasteiger partial charge < -0.3 is 21.3 Å². The highest BCUT2D eigenvalue weighted by molar-refractivity contribution is 5.73. The van der Waals surface area contributed by atoms with Crippen molar-refractivity contribution in [2.45, 2.75) is 57.7 Å². The topological polar surface area (TPSA) is 96.2 Å². The van der Waals surface area contributed by atoms with E-state index in [1.807, 2.05) is 0 Å². The number of nitrogens with two attached hydrogens (primary N) is 1. The highest BCUT2D eigenvalue weighted by Crippen LogP contribution is 2.35. The van der Waals surface area contributed by atoms with Crippen molar-refractivity contribution in [2.24, 2.45) is 0 Å². The first-order valence-corrected chi connectivity index (χ1v) is 10.9. The average molecular weight is 448 g/mol. The molecule has 1 unspecified atom stereocenters. The Kier molecular flexibility index (Phi) is 6.12. The standard InChI is InChI=1S/C22H27F3N6O/c1-13(32)27-16-5-4-8-31(12-16)20-18-6-2-3-7-19(18)29-21(30-20)28-17-10-14(22(23,24)25)9-15(26)11-17/h9-11,16H,2-8,12,26H2,1H3,(H,27,32)(H,28,29,30). The van der Waals surface area contributed by atoms with Gasteiger partial charge in [0.1, 0.15) is 5.82 Å². The van der Waals surface area contributed by atoms with Crippen LogP contribution in [-0.4, -0.2) is 35.0 Å². The van der Waals surface area contributed by atoms with Crippen LogP contribution < -0.4 is 21.3 Å². The van der Waals surface area contributed by atoms with Crippen LogP contribution in [0.25, 0.3) is 0 Å². The van der Waals surface area contributed by atoms with Crippen molar-refractivity contribution in [1.29, 1.82) is 0 Å². The lowest BCUT2D eigenvalue weighted by Gasteiger charge is -2.36. The number of aryl methyl sites for hydroxylation is 1. The van der Waals surface area contributed by atoms with Gasteiger partial charge in [-0.05, 0) is 56.7 Å². The zero-order chi connectivity index (χ0) is 22.9. The molecular weight excluding hydrogens is 421 g/mol. The minimum Gasteiger partial charge on any atom is -0.399 e. The highest BCUT2D eigenvalue weighted by Gasteiger charge is 2.31. The van der Waals surface area contributed by atoms with Crippen LogP contribution in [0.2, 0.25) is 0 Å². The van der Waals surface area contributed by atoms with Crippen molar-refractivity contribution in [3.63, 3.8) is 0 Å². The zero-order valence-electron chi connectivity index (χ0n) is 17.9. The Morgan fingerprint density at radius 3 is 2.69 bits per heavy atom. The summed E-state index contributed by atoms with van der Waals surface area (Å²) in [5.41, 5.74) is 7.08. The third kappa shape index (κ3) is 5.05. The zero-order valence-corrected chi connectivity index (χ0v) is 17.9. The maximum Gasteiger partial charge on any atom is 0.416 e. The molecule has 4 N–H and O–H groups in total. The summed E-state index contributed by atoms with van der Waals surface area (Å²) < 4.78 is 39.6. The number of benzene rings is 1. The predicted octanol–water partition coefficient (Wildman–Crippen LogP) is 3.80. The Balaban J connectivity index is 1.66. The van der Waals surface area contributed by atoms with E-state index in [-0.39, 0.29) is 29.3 Å². The van der Waals surface area contributed by atoms with Gasteiger partial charge in [0, 0.05) is 43.0 Å². The maximum absolute atomic E-state index is 13.2. The van der Waals surface area contributed by atoms with E-state index in [0.717, 1.165) is 74.3 Å². The number of rotatable bonds is 4. The second kappa shape index (κ2) is 8.84. The third-order valence-corrected chi connectivity index (χ3v) is 5.83. The molecule has 172 valence electrons. The van der Waals surface area contributed by atoms with Gasteiger partial charge in [-0.3, -0.25) is 4.79 Å². The van der Waals surface area contributed by atoms with E-state index in [0.29, 0.717) is 6.54 Å². The van der Waals surface area contributed by atoms with Crippen LogP contribution >= 0.6 is 0 Å². The highest BCUT2D eigenvalue weighted by atomic mass is 19.4. The molecular formula is C22H27F3N6O. The average Bonchev–Trinajstić information content (AvgIpc) is 2.72. The van der Waals surface area contributed by atoms with E-state index in [2.05, 4.69) is 20.5 Å². The molecule has 0 spiro atoms. The molecule has 32 heavy (non-hydrogen) atoms. The molecule has 1 aliphatic carbocycles. The minimum absolute atomic E-state index is 0.00897.